The summed E-state index contributed by atoms with van der Waals surface area (Å²) >= 11 is 0. The van der Waals surface area contributed by atoms with Gasteiger partial charge in [0.2, 0.25) is 5.95 Å². The second kappa shape index (κ2) is 8.86. The van der Waals surface area contributed by atoms with Crippen molar-refractivity contribution in [1.29, 1.82) is 0 Å². The minimum Gasteiger partial charge on any atom is -0.495 e. The summed E-state index contributed by atoms with van der Waals surface area (Å²) in [5.41, 5.74) is 2.63. The van der Waals surface area contributed by atoms with Crippen LogP contribution in [0.1, 0.15) is 31.9 Å². The summed E-state index contributed by atoms with van der Waals surface area (Å²) < 4.78 is 12.7. The number of hydrogen-bond donors (Lipinski definition) is 2. The summed E-state index contributed by atoms with van der Waals surface area (Å²) in [7, 11) is 1.57. The molecule has 1 aliphatic rings. The topological polar surface area (TPSA) is 103 Å². The molecule has 31 heavy (non-hydrogen) atoms. The molecule has 160 valence electrons. The molecule has 1 atom stereocenters. The van der Waals surface area contributed by atoms with Crippen LogP contribution in [0.25, 0.3) is 0 Å². The number of anilines is 2. The van der Waals surface area contributed by atoms with Crippen LogP contribution in [0.3, 0.4) is 0 Å². The number of amides is 1. The smallest absolute Gasteiger partial charge is 0.255 e. The highest BCUT2D eigenvalue weighted by Crippen LogP contribution is 2.36. The highest BCUT2D eigenvalue weighted by atomic mass is 16.5. The van der Waals surface area contributed by atoms with E-state index in [0.717, 1.165) is 17.7 Å². The van der Waals surface area contributed by atoms with Gasteiger partial charge in [0, 0.05) is 5.70 Å². The van der Waals surface area contributed by atoms with Gasteiger partial charge in [0.1, 0.15) is 17.5 Å². The Morgan fingerprint density at radius 3 is 2.71 bits per heavy atom. The SMILES string of the molecule is CCCOc1ccc(C2C(C(=O)Nc3ccccc3OC)=C(C)Nc3nnnn32)cc1. The maximum absolute atomic E-state index is 13.4. The molecule has 0 aliphatic carbocycles. The Morgan fingerprint density at radius 2 is 1.97 bits per heavy atom. The molecular formula is C22H24N6O3. The molecule has 0 saturated heterocycles. The molecule has 0 spiro atoms. The molecule has 1 aliphatic heterocycles. The van der Waals surface area contributed by atoms with Crippen LogP contribution in [-0.2, 0) is 4.79 Å². The molecule has 1 unspecified atom stereocenters. The number of para-hydroxylation sites is 2. The Balaban J connectivity index is 1.70. The van der Waals surface area contributed by atoms with Crippen molar-refractivity contribution in [3.05, 3.63) is 65.4 Å². The summed E-state index contributed by atoms with van der Waals surface area (Å²) in [6.45, 7) is 4.54. The molecule has 0 saturated carbocycles. The van der Waals surface area contributed by atoms with Crippen molar-refractivity contribution in [2.75, 3.05) is 24.4 Å². The third-order valence-electron chi connectivity index (χ3n) is 4.98. The molecule has 9 nitrogen and oxygen atoms in total. The van der Waals surface area contributed by atoms with E-state index in [1.165, 1.54) is 0 Å². The number of hydrogen-bond acceptors (Lipinski definition) is 7. The first kappa shape index (κ1) is 20.4. The van der Waals surface area contributed by atoms with Crippen LogP contribution in [-0.4, -0.2) is 39.8 Å². The maximum atomic E-state index is 13.4. The van der Waals surface area contributed by atoms with Gasteiger partial charge < -0.3 is 20.1 Å². The van der Waals surface area contributed by atoms with Crippen LogP contribution in [0.15, 0.2) is 59.8 Å². The molecule has 4 rings (SSSR count). The van der Waals surface area contributed by atoms with Crippen molar-refractivity contribution in [3.63, 3.8) is 0 Å². The van der Waals surface area contributed by atoms with Gasteiger partial charge in [-0.1, -0.05) is 36.3 Å². The van der Waals surface area contributed by atoms with Gasteiger partial charge in [0.25, 0.3) is 5.91 Å². The lowest BCUT2D eigenvalue weighted by Crippen LogP contribution is -2.31. The molecule has 2 aromatic carbocycles. The molecular weight excluding hydrogens is 396 g/mol. The van der Waals surface area contributed by atoms with Crippen LogP contribution >= 0.6 is 0 Å². The number of ether oxygens (including phenoxy) is 2. The van der Waals surface area contributed by atoms with Gasteiger partial charge in [-0.2, -0.15) is 4.68 Å². The fraction of sp³-hybridized carbons (Fsp3) is 0.273. The zero-order chi connectivity index (χ0) is 21.8. The summed E-state index contributed by atoms with van der Waals surface area (Å²) in [5.74, 6) is 1.56. The number of rotatable bonds is 7. The van der Waals surface area contributed by atoms with Crippen LogP contribution in [0.2, 0.25) is 0 Å². The number of benzene rings is 2. The van der Waals surface area contributed by atoms with Gasteiger partial charge in [0.15, 0.2) is 0 Å². The van der Waals surface area contributed by atoms with Crippen molar-refractivity contribution in [2.45, 2.75) is 26.3 Å². The Morgan fingerprint density at radius 1 is 1.19 bits per heavy atom. The van der Waals surface area contributed by atoms with E-state index in [0.29, 0.717) is 35.3 Å². The maximum Gasteiger partial charge on any atom is 0.255 e. The minimum absolute atomic E-state index is 0.271. The molecule has 1 amide bonds. The average Bonchev–Trinajstić information content (AvgIpc) is 3.25. The zero-order valence-corrected chi connectivity index (χ0v) is 17.6. The third kappa shape index (κ3) is 4.07. The lowest BCUT2D eigenvalue weighted by atomic mass is 9.95. The number of carbonyl (C=O) groups is 1. The monoisotopic (exact) mass is 420 g/mol. The van der Waals surface area contributed by atoms with Gasteiger partial charge in [-0.15, -0.1) is 0 Å². The molecule has 0 radical (unpaired) electrons. The second-order valence-corrected chi connectivity index (χ2v) is 7.09. The number of allylic oxidation sites excluding steroid dienone is 1. The first-order valence-corrected chi connectivity index (χ1v) is 10.0. The van der Waals surface area contributed by atoms with Crippen molar-refractivity contribution in [1.82, 2.24) is 20.2 Å². The first-order chi connectivity index (χ1) is 15.1. The quantitative estimate of drug-likeness (QED) is 0.604. The highest BCUT2D eigenvalue weighted by Gasteiger charge is 2.34. The second-order valence-electron chi connectivity index (χ2n) is 7.09. The summed E-state index contributed by atoms with van der Waals surface area (Å²) in [4.78, 5) is 13.4. The highest BCUT2D eigenvalue weighted by molar-refractivity contribution is 6.06. The van der Waals surface area contributed by atoms with E-state index in [9.17, 15) is 4.79 Å². The van der Waals surface area contributed by atoms with Crippen LogP contribution in [0.4, 0.5) is 11.6 Å². The van der Waals surface area contributed by atoms with Gasteiger partial charge in [-0.05, 0) is 53.6 Å². The minimum atomic E-state index is -0.499. The number of carbonyl (C=O) groups excluding carboxylic acids is 1. The van der Waals surface area contributed by atoms with E-state index < -0.39 is 6.04 Å². The molecule has 1 aromatic heterocycles. The van der Waals surface area contributed by atoms with Crippen molar-refractivity contribution < 1.29 is 14.3 Å². The standard InChI is InChI=1S/C22H24N6O3/c1-4-13-31-16-11-9-15(10-12-16)20-19(14(2)23-22-25-26-27-28(20)22)21(29)24-17-7-5-6-8-18(17)30-3/h5-12,20H,4,13H2,1-3H3,(H,24,29)(H,23,25,27). The van der Waals surface area contributed by atoms with E-state index in [4.69, 9.17) is 9.47 Å². The number of fused-ring (bicyclic) bond motifs is 1. The van der Waals surface area contributed by atoms with Crippen LogP contribution in [0, 0.1) is 0 Å². The van der Waals surface area contributed by atoms with E-state index in [1.54, 1.807) is 23.9 Å². The number of nitrogens with zero attached hydrogens (tertiary/aromatic N) is 4. The van der Waals surface area contributed by atoms with Gasteiger partial charge in [-0.25, -0.2) is 0 Å². The van der Waals surface area contributed by atoms with E-state index in [-0.39, 0.29) is 5.91 Å². The van der Waals surface area contributed by atoms with Gasteiger partial charge in [-0.3, -0.25) is 4.79 Å². The average molecular weight is 420 g/mol. The fourth-order valence-corrected chi connectivity index (χ4v) is 3.52. The number of tetrazole rings is 1. The number of nitrogens with one attached hydrogen (secondary N) is 2. The molecule has 3 aromatic rings. The zero-order valence-electron chi connectivity index (χ0n) is 17.6. The predicted molar refractivity (Wildman–Crippen MR) is 116 cm³/mol. The summed E-state index contributed by atoms with van der Waals surface area (Å²) in [6.07, 6.45) is 0.930. The van der Waals surface area contributed by atoms with Gasteiger partial charge in [0.05, 0.1) is 25.0 Å². The normalized spacial score (nSPS) is 15.1. The molecule has 9 heteroatoms. The van der Waals surface area contributed by atoms with E-state index >= 15 is 0 Å². The van der Waals surface area contributed by atoms with Gasteiger partial charge >= 0.3 is 0 Å². The van der Waals surface area contributed by atoms with Crippen molar-refractivity contribution in [2.24, 2.45) is 0 Å². The lowest BCUT2D eigenvalue weighted by Gasteiger charge is -2.28. The Kier molecular flexibility index (Phi) is 5.83. The van der Waals surface area contributed by atoms with Crippen molar-refractivity contribution >= 4 is 17.5 Å². The Bertz CT molecular complexity index is 1110. The van der Waals surface area contributed by atoms with Crippen LogP contribution in [0.5, 0.6) is 11.5 Å². The number of methoxy groups -OCH3 is 1. The third-order valence-corrected chi connectivity index (χ3v) is 4.98. The summed E-state index contributed by atoms with van der Waals surface area (Å²) in [6, 6.07) is 14.4. The molecule has 2 N–H and O–H groups in total. The van der Waals surface area contributed by atoms with E-state index in [2.05, 4.69) is 33.1 Å². The summed E-state index contributed by atoms with van der Waals surface area (Å²) in [5, 5.41) is 18.0. The van der Waals surface area contributed by atoms with E-state index in [1.807, 2.05) is 43.3 Å². The first-order valence-electron chi connectivity index (χ1n) is 10.0. The van der Waals surface area contributed by atoms with Crippen LogP contribution < -0.4 is 20.1 Å². The molecule has 0 bridgehead atoms. The Labute approximate surface area is 180 Å². The van der Waals surface area contributed by atoms with Crippen molar-refractivity contribution in [3.8, 4) is 11.5 Å². The largest absolute Gasteiger partial charge is 0.495 e. The number of aromatic nitrogens is 4. The predicted octanol–water partition coefficient (Wildman–Crippen LogP) is 3.40. The fourth-order valence-electron chi connectivity index (χ4n) is 3.52. The molecule has 0 fully saturated rings. The Hall–Kier alpha value is -3.88. The molecule has 2 heterocycles. The lowest BCUT2D eigenvalue weighted by molar-refractivity contribution is -0.113.